The third kappa shape index (κ3) is 4.08. The molecule has 1 aromatic rings. The molecule has 1 amide bonds. The van der Waals surface area contributed by atoms with Crippen LogP contribution in [0.4, 0.5) is 10.1 Å². The number of ether oxygens (including phenoxy) is 1. The van der Waals surface area contributed by atoms with Crippen molar-refractivity contribution >= 4 is 24.0 Å². The Hall–Kier alpha value is -1.33. The molecule has 2 rings (SSSR count). The van der Waals surface area contributed by atoms with Gasteiger partial charge in [0, 0.05) is 11.8 Å². The van der Waals surface area contributed by atoms with Crippen LogP contribution in [0.15, 0.2) is 18.2 Å². The Morgan fingerprint density at radius 3 is 2.89 bits per heavy atom. The summed E-state index contributed by atoms with van der Waals surface area (Å²) in [5.74, 6) is -0.390. The molecule has 0 saturated carbocycles. The van der Waals surface area contributed by atoms with Gasteiger partial charge in [-0.2, -0.15) is 0 Å². The number of hydrogen-bond donors (Lipinski definition) is 2. The molecule has 1 saturated heterocycles. The topological polar surface area (TPSA) is 50.4 Å². The number of carbonyl (C=O) groups is 1. The zero-order valence-electron chi connectivity index (χ0n) is 10.7. The maximum absolute atomic E-state index is 13.2. The van der Waals surface area contributed by atoms with Gasteiger partial charge in [-0.25, -0.2) is 4.39 Å². The van der Waals surface area contributed by atoms with E-state index in [1.165, 1.54) is 25.3 Å². The van der Waals surface area contributed by atoms with Crippen LogP contribution in [0.2, 0.25) is 0 Å². The normalized spacial score (nSPS) is 18.3. The van der Waals surface area contributed by atoms with E-state index < -0.39 is 5.82 Å². The zero-order chi connectivity index (χ0) is 13.0. The van der Waals surface area contributed by atoms with Crippen LogP contribution >= 0.6 is 12.4 Å². The molecule has 0 bridgehead atoms. The summed E-state index contributed by atoms with van der Waals surface area (Å²) < 4.78 is 18.1. The third-order valence-corrected chi connectivity index (χ3v) is 3.05. The predicted octanol–water partition coefficient (Wildman–Crippen LogP) is 2.34. The second-order valence-corrected chi connectivity index (χ2v) is 4.34. The summed E-state index contributed by atoms with van der Waals surface area (Å²) >= 11 is 0. The van der Waals surface area contributed by atoms with Gasteiger partial charge in [0.05, 0.1) is 13.2 Å². The number of amides is 1. The number of nitrogens with one attached hydrogen (secondary N) is 2. The molecule has 2 N–H and O–H groups in total. The first-order chi connectivity index (χ1) is 8.70. The first-order valence-corrected chi connectivity index (χ1v) is 6.08. The number of carbonyl (C=O) groups excluding carboxylic acids is 1. The Balaban J connectivity index is 0.00000180. The van der Waals surface area contributed by atoms with Crippen molar-refractivity contribution in [1.82, 2.24) is 5.32 Å². The molecule has 4 nitrogen and oxygen atoms in total. The fraction of sp³-hybridized carbons (Fsp3) is 0.462. The van der Waals surface area contributed by atoms with Crippen molar-refractivity contribution < 1.29 is 13.9 Å². The lowest BCUT2D eigenvalue weighted by Gasteiger charge is -2.22. The molecule has 0 aliphatic carbocycles. The van der Waals surface area contributed by atoms with E-state index in [1.807, 2.05) is 0 Å². The fourth-order valence-electron chi connectivity index (χ4n) is 2.04. The zero-order valence-corrected chi connectivity index (χ0v) is 11.6. The number of anilines is 1. The molecule has 0 spiro atoms. The van der Waals surface area contributed by atoms with Gasteiger partial charge in [0.1, 0.15) is 0 Å². The average Bonchev–Trinajstić information content (AvgIpc) is 2.42. The summed E-state index contributed by atoms with van der Waals surface area (Å²) in [6.07, 6.45) is 3.00. The van der Waals surface area contributed by atoms with Gasteiger partial charge in [-0.05, 0) is 31.5 Å². The van der Waals surface area contributed by atoms with Crippen molar-refractivity contribution in [2.24, 2.45) is 0 Å². The van der Waals surface area contributed by atoms with Crippen LogP contribution in [0.5, 0.6) is 5.75 Å². The molecule has 1 aliphatic rings. The average molecular weight is 289 g/mol. The summed E-state index contributed by atoms with van der Waals surface area (Å²) in [6.45, 7) is 0.866. The highest BCUT2D eigenvalue weighted by atomic mass is 35.5. The van der Waals surface area contributed by atoms with E-state index in [9.17, 15) is 9.18 Å². The Kier molecular flexibility index (Phi) is 6.05. The van der Waals surface area contributed by atoms with Crippen molar-refractivity contribution in [1.29, 1.82) is 0 Å². The molecule has 1 aliphatic heterocycles. The van der Waals surface area contributed by atoms with E-state index in [4.69, 9.17) is 4.74 Å². The minimum absolute atomic E-state index is 0. The Morgan fingerprint density at radius 2 is 2.26 bits per heavy atom. The lowest BCUT2D eigenvalue weighted by Crippen LogP contribution is -2.43. The van der Waals surface area contributed by atoms with Gasteiger partial charge in [-0.3, -0.25) is 4.79 Å². The van der Waals surface area contributed by atoms with Gasteiger partial charge in [0.2, 0.25) is 5.91 Å². The summed E-state index contributed by atoms with van der Waals surface area (Å²) in [5, 5.41) is 5.93. The quantitative estimate of drug-likeness (QED) is 0.897. The van der Waals surface area contributed by atoms with E-state index >= 15 is 0 Å². The molecule has 19 heavy (non-hydrogen) atoms. The van der Waals surface area contributed by atoms with Crippen LogP contribution in [-0.2, 0) is 4.79 Å². The molecule has 0 unspecified atom stereocenters. The highest BCUT2D eigenvalue weighted by molar-refractivity contribution is 5.95. The van der Waals surface area contributed by atoms with Crippen LogP contribution in [-0.4, -0.2) is 25.6 Å². The fourth-order valence-corrected chi connectivity index (χ4v) is 2.04. The first-order valence-electron chi connectivity index (χ1n) is 6.08. The minimum atomic E-state index is -0.439. The van der Waals surface area contributed by atoms with E-state index in [2.05, 4.69) is 10.6 Å². The standard InChI is InChI=1S/C13H17FN2O2.ClH/c1-18-12-8-9(5-6-10(12)14)16-13(17)11-4-2-3-7-15-11;/h5-6,8,11,15H,2-4,7H2,1H3,(H,16,17);1H/t11-;/m1./s1. The summed E-state index contributed by atoms with van der Waals surface area (Å²) in [6, 6.07) is 4.13. The largest absolute Gasteiger partial charge is 0.494 e. The number of methoxy groups -OCH3 is 1. The van der Waals surface area contributed by atoms with E-state index in [1.54, 1.807) is 0 Å². The molecular weight excluding hydrogens is 271 g/mol. The SMILES string of the molecule is COc1cc(NC(=O)[C@H]2CCCCN2)ccc1F.Cl. The molecule has 1 heterocycles. The van der Waals surface area contributed by atoms with Crippen molar-refractivity contribution in [3.05, 3.63) is 24.0 Å². The highest BCUT2D eigenvalue weighted by Crippen LogP contribution is 2.21. The summed E-state index contributed by atoms with van der Waals surface area (Å²) in [5.41, 5.74) is 0.547. The second kappa shape index (κ2) is 7.31. The van der Waals surface area contributed by atoms with Gasteiger partial charge in [-0.15, -0.1) is 12.4 Å². The molecule has 0 radical (unpaired) electrons. The van der Waals surface area contributed by atoms with Crippen LogP contribution in [0, 0.1) is 5.82 Å². The van der Waals surface area contributed by atoms with Crippen molar-refractivity contribution in [3.63, 3.8) is 0 Å². The van der Waals surface area contributed by atoms with Crippen LogP contribution in [0.25, 0.3) is 0 Å². The van der Waals surface area contributed by atoms with E-state index in [0.717, 1.165) is 25.8 Å². The Morgan fingerprint density at radius 1 is 1.47 bits per heavy atom. The molecule has 106 valence electrons. The molecule has 6 heteroatoms. The van der Waals surface area contributed by atoms with Gasteiger partial charge in [-0.1, -0.05) is 6.42 Å². The predicted molar refractivity (Wildman–Crippen MR) is 74.5 cm³/mol. The van der Waals surface area contributed by atoms with Crippen LogP contribution < -0.4 is 15.4 Å². The molecule has 0 aromatic heterocycles. The van der Waals surface area contributed by atoms with Gasteiger partial charge >= 0.3 is 0 Å². The number of hydrogen-bond acceptors (Lipinski definition) is 3. The van der Waals surface area contributed by atoms with Gasteiger partial charge < -0.3 is 15.4 Å². The van der Waals surface area contributed by atoms with Crippen molar-refractivity contribution in [3.8, 4) is 5.75 Å². The summed E-state index contributed by atoms with van der Waals surface area (Å²) in [4.78, 5) is 11.9. The molecule has 1 atom stereocenters. The number of piperidine rings is 1. The summed E-state index contributed by atoms with van der Waals surface area (Å²) in [7, 11) is 1.40. The number of benzene rings is 1. The Bertz CT molecular complexity index is 437. The monoisotopic (exact) mass is 288 g/mol. The molecule has 1 fully saturated rings. The third-order valence-electron chi connectivity index (χ3n) is 3.05. The smallest absolute Gasteiger partial charge is 0.241 e. The van der Waals surface area contributed by atoms with Gasteiger partial charge in [0.15, 0.2) is 11.6 Å². The van der Waals surface area contributed by atoms with Crippen LogP contribution in [0.3, 0.4) is 0 Å². The van der Waals surface area contributed by atoms with Gasteiger partial charge in [0.25, 0.3) is 0 Å². The second-order valence-electron chi connectivity index (χ2n) is 4.34. The number of rotatable bonds is 3. The number of halogens is 2. The lowest BCUT2D eigenvalue weighted by atomic mass is 10.0. The maximum atomic E-state index is 13.2. The molecule has 1 aromatic carbocycles. The Labute approximate surface area is 118 Å². The maximum Gasteiger partial charge on any atom is 0.241 e. The van der Waals surface area contributed by atoms with Crippen molar-refractivity contribution in [2.75, 3.05) is 19.0 Å². The first kappa shape index (κ1) is 15.7. The molecular formula is C13H18ClFN2O2. The highest BCUT2D eigenvalue weighted by Gasteiger charge is 2.20. The van der Waals surface area contributed by atoms with E-state index in [-0.39, 0.29) is 30.1 Å². The van der Waals surface area contributed by atoms with E-state index in [0.29, 0.717) is 5.69 Å². The van der Waals surface area contributed by atoms with Crippen LogP contribution in [0.1, 0.15) is 19.3 Å². The minimum Gasteiger partial charge on any atom is -0.494 e. The lowest BCUT2D eigenvalue weighted by molar-refractivity contribution is -0.118. The van der Waals surface area contributed by atoms with Crippen molar-refractivity contribution in [2.45, 2.75) is 25.3 Å².